The first-order valence-electron chi connectivity index (χ1n) is 8.67. The average Bonchev–Trinajstić information content (AvgIpc) is 2.43. The summed E-state index contributed by atoms with van der Waals surface area (Å²) >= 11 is 5.83. The summed E-state index contributed by atoms with van der Waals surface area (Å²) < 4.78 is 5.89. The van der Waals surface area contributed by atoms with Crippen LogP contribution in [0, 0.1) is 0 Å². The zero-order chi connectivity index (χ0) is 16.8. The molecule has 0 N–H and O–H groups in total. The van der Waals surface area contributed by atoms with Crippen LogP contribution >= 0.6 is 11.6 Å². The van der Waals surface area contributed by atoms with Gasteiger partial charge in [0.05, 0.1) is 27.2 Å². The van der Waals surface area contributed by atoms with E-state index in [1.165, 1.54) is 38.5 Å². The molecule has 23 heavy (non-hydrogen) atoms. The Labute approximate surface area is 158 Å². The van der Waals surface area contributed by atoms with Gasteiger partial charge in [0.15, 0.2) is 6.54 Å². The van der Waals surface area contributed by atoms with Crippen LogP contribution < -0.4 is 17.0 Å². The molecule has 138 valence electrons. The van der Waals surface area contributed by atoms with E-state index in [-0.39, 0.29) is 23.0 Å². The summed E-state index contributed by atoms with van der Waals surface area (Å²) in [4.78, 5) is 11.8. The lowest BCUT2D eigenvalue weighted by atomic mass is 10.1. The third-order valence-corrected chi connectivity index (χ3v) is 3.84. The molecule has 0 atom stereocenters. The number of rotatable bonds is 13. The smallest absolute Gasteiger partial charge is 0.361 e. The summed E-state index contributed by atoms with van der Waals surface area (Å²) in [5.74, 6) is -0.117. The minimum absolute atomic E-state index is 0. The minimum Gasteiger partial charge on any atom is -1.00 e. The molecule has 5 heteroatoms. The molecule has 0 aromatic carbocycles. The van der Waals surface area contributed by atoms with Gasteiger partial charge in [0.25, 0.3) is 0 Å². The van der Waals surface area contributed by atoms with Gasteiger partial charge in [-0.05, 0) is 19.4 Å². The number of nitrogens with zero attached hydrogens (tertiary/aromatic N) is 1. The van der Waals surface area contributed by atoms with Crippen LogP contribution in [0.25, 0.3) is 0 Å². The topological polar surface area (TPSA) is 26.3 Å². The summed E-state index contributed by atoms with van der Waals surface area (Å²) in [5.41, 5.74) is 0. The highest BCUT2D eigenvalue weighted by atomic mass is 79.9. The van der Waals surface area contributed by atoms with Gasteiger partial charge in [-0.15, -0.1) is 0 Å². The van der Waals surface area contributed by atoms with Crippen LogP contribution in [0.5, 0.6) is 0 Å². The molecule has 0 aliphatic heterocycles. The Hall–Kier alpha value is -0.0600. The number of unbranched alkanes of at least 4 members (excludes halogenated alkanes) is 7. The molecular formula is C18H35BrClNO2. The number of ether oxygens (including phenoxy) is 1. The number of quaternary nitrogens is 1. The van der Waals surface area contributed by atoms with Gasteiger partial charge in [-0.2, -0.15) is 0 Å². The van der Waals surface area contributed by atoms with Crippen molar-refractivity contribution < 1.29 is 31.0 Å². The Balaban J connectivity index is 0. The Morgan fingerprint density at radius 1 is 1.04 bits per heavy atom. The summed E-state index contributed by atoms with van der Waals surface area (Å²) in [6.07, 6.45) is 12.0. The first-order valence-corrected chi connectivity index (χ1v) is 9.05. The van der Waals surface area contributed by atoms with Crippen LogP contribution in [0.4, 0.5) is 0 Å². The van der Waals surface area contributed by atoms with Crippen LogP contribution in [-0.2, 0) is 9.53 Å². The van der Waals surface area contributed by atoms with Gasteiger partial charge < -0.3 is 26.2 Å². The largest absolute Gasteiger partial charge is 1.00 e. The van der Waals surface area contributed by atoms with Gasteiger partial charge in [-0.1, -0.05) is 63.5 Å². The fourth-order valence-corrected chi connectivity index (χ4v) is 2.32. The SMILES string of the molecule is CCCCCCCCCCOC(=O)C[N+](C)(C)CC=C(C)Cl.[Br-]. The lowest BCUT2D eigenvalue weighted by molar-refractivity contribution is -0.877. The van der Waals surface area contributed by atoms with E-state index in [4.69, 9.17) is 16.3 Å². The van der Waals surface area contributed by atoms with Crippen molar-refractivity contribution in [3.8, 4) is 0 Å². The number of halogens is 2. The number of carbonyl (C=O) groups excluding carboxylic acids is 1. The molecule has 0 aliphatic carbocycles. The number of esters is 1. The molecule has 0 heterocycles. The Bertz CT molecular complexity index is 329. The van der Waals surface area contributed by atoms with Crippen molar-refractivity contribution in [3.63, 3.8) is 0 Å². The lowest BCUT2D eigenvalue weighted by Crippen LogP contribution is -3.00. The van der Waals surface area contributed by atoms with Crippen LogP contribution in [0.3, 0.4) is 0 Å². The first kappa shape index (κ1) is 25.2. The zero-order valence-corrected chi connectivity index (χ0v) is 17.7. The summed E-state index contributed by atoms with van der Waals surface area (Å²) in [5, 5.41) is 0.763. The van der Waals surface area contributed by atoms with E-state index in [1.54, 1.807) is 0 Å². The standard InChI is InChI=1S/C18H35ClNO2.BrH/c1-5-6-7-8-9-10-11-12-15-22-18(21)16-20(3,4)14-13-17(2)19;/h13H,5-12,14-16H2,1-4H3;1H/q+1;/p-1. The quantitative estimate of drug-likeness (QED) is 0.262. The van der Waals surface area contributed by atoms with Crippen LogP contribution in [0.2, 0.25) is 0 Å². The van der Waals surface area contributed by atoms with Gasteiger partial charge in [0.2, 0.25) is 0 Å². The van der Waals surface area contributed by atoms with Crippen LogP contribution in [-0.4, -0.2) is 44.2 Å². The Morgan fingerprint density at radius 3 is 2.09 bits per heavy atom. The van der Waals surface area contributed by atoms with E-state index in [2.05, 4.69) is 6.92 Å². The van der Waals surface area contributed by atoms with Gasteiger partial charge in [-0.25, -0.2) is 4.79 Å². The fourth-order valence-electron chi connectivity index (χ4n) is 2.25. The molecule has 0 amide bonds. The maximum absolute atomic E-state index is 11.8. The molecule has 0 aromatic heterocycles. The van der Waals surface area contributed by atoms with Crippen molar-refractivity contribution in [2.24, 2.45) is 0 Å². The van der Waals surface area contributed by atoms with Crippen molar-refractivity contribution in [2.75, 3.05) is 33.8 Å². The van der Waals surface area contributed by atoms with Crippen LogP contribution in [0.1, 0.15) is 65.2 Å². The molecular weight excluding hydrogens is 378 g/mol. The minimum atomic E-state index is -0.117. The second kappa shape index (κ2) is 15.5. The van der Waals surface area contributed by atoms with Gasteiger partial charge in [0, 0.05) is 5.03 Å². The normalized spacial score (nSPS) is 12.0. The third kappa shape index (κ3) is 18.1. The Morgan fingerprint density at radius 2 is 1.57 bits per heavy atom. The fraction of sp³-hybridized carbons (Fsp3) is 0.833. The highest BCUT2D eigenvalue weighted by Gasteiger charge is 2.19. The van der Waals surface area contributed by atoms with Gasteiger partial charge in [-0.3, -0.25) is 0 Å². The van der Waals surface area contributed by atoms with E-state index >= 15 is 0 Å². The number of hydrogen-bond acceptors (Lipinski definition) is 2. The highest BCUT2D eigenvalue weighted by molar-refractivity contribution is 6.29. The predicted molar refractivity (Wildman–Crippen MR) is 95.0 cm³/mol. The average molecular weight is 413 g/mol. The molecule has 0 rings (SSSR count). The molecule has 0 saturated carbocycles. The van der Waals surface area contributed by atoms with E-state index in [0.717, 1.165) is 24.4 Å². The first-order chi connectivity index (χ1) is 10.4. The molecule has 3 nitrogen and oxygen atoms in total. The summed E-state index contributed by atoms with van der Waals surface area (Å²) in [6, 6.07) is 0. The number of hydrogen-bond donors (Lipinski definition) is 0. The molecule has 0 aliphatic rings. The molecule has 0 unspecified atom stereocenters. The second-order valence-electron chi connectivity index (χ2n) is 6.76. The van der Waals surface area contributed by atoms with Crippen LogP contribution in [0.15, 0.2) is 11.1 Å². The maximum Gasteiger partial charge on any atom is 0.361 e. The maximum atomic E-state index is 11.8. The number of likely N-dealkylation sites (N-methyl/N-ethyl adjacent to an activating group) is 1. The molecule has 0 aromatic rings. The van der Waals surface area contributed by atoms with Gasteiger partial charge >= 0.3 is 5.97 Å². The van der Waals surface area contributed by atoms with Crippen molar-refractivity contribution in [2.45, 2.75) is 65.2 Å². The molecule has 0 radical (unpaired) electrons. The lowest BCUT2D eigenvalue weighted by Gasteiger charge is -2.27. The molecule has 0 saturated heterocycles. The number of allylic oxidation sites excluding steroid dienone is 1. The second-order valence-corrected chi connectivity index (χ2v) is 7.36. The van der Waals surface area contributed by atoms with Crippen molar-refractivity contribution >= 4 is 17.6 Å². The van der Waals surface area contributed by atoms with E-state index in [1.807, 2.05) is 27.1 Å². The monoisotopic (exact) mass is 411 g/mol. The van der Waals surface area contributed by atoms with Crippen molar-refractivity contribution in [1.82, 2.24) is 0 Å². The third-order valence-electron chi connectivity index (χ3n) is 3.68. The predicted octanol–water partition coefficient (Wildman–Crippen LogP) is 1.89. The van der Waals surface area contributed by atoms with Crippen molar-refractivity contribution in [3.05, 3.63) is 11.1 Å². The number of carbonyl (C=O) groups is 1. The summed E-state index contributed by atoms with van der Waals surface area (Å²) in [7, 11) is 4.02. The molecule has 0 bridgehead atoms. The zero-order valence-electron chi connectivity index (χ0n) is 15.4. The summed E-state index contributed by atoms with van der Waals surface area (Å²) in [6.45, 7) is 5.77. The van der Waals surface area contributed by atoms with E-state index < -0.39 is 0 Å². The Kier molecular flexibility index (Phi) is 16.9. The molecule has 0 fully saturated rings. The van der Waals surface area contributed by atoms with E-state index in [9.17, 15) is 4.79 Å². The van der Waals surface area contributed by atoms with Gasteiger partial charge in [0.1, 0.15) is 0 Å². The van der Waals surface area contributed by atoms with E-state index in [0.29, 0.717) is 17.6 Å². The molecule has 0 spiro atoms. The van der Waals surface area contributed by atoms with Crippen molar-refractivity contribution in [1.29, 1.82) is 0 Å². The highest BCUT2D eigenvalue weighted by Crippen LogP contribution is 2.09.